The van der Waals surface area contributed by atoms with Gasteiger partial charge >= 0.3 is 0 Å². The van der Waals surface area contributed by atoms with Crippen LogP contribution >= 0.6 is 15.9 Å². The van der Waals surface area contributed by atoms with Crippen molar-refractivity contribution < 1.29 is 9.84 Å². The highest BCUT2D eigenvalue weighted by Gasteiger charge is 2.07. The van der Waals surface area contributed by atoms with Crippen molar-refractivity contribution in [2.75, 3.05) is 13.7 Å². The van der Waals surface area contributed by atoms with Crippen molar-refractivity contribution in [3.63, 3.8) is 0 Å². The first-order valence-electron chi connectivity index (χ1n) is 4.99. The first-order valence-corrected chi connectivity index (χ1v) is 5.78. The fraction of sp³-hybridized carbons (Fsp3) is 0.250. The number of pyridine rings is 1. The molecule has 2 aromatic rings. The van der Waals surface area contributed by atoms with Crippen LogP contribution in [0.4, 0.5) is 0 Å². The lowest BCUT2D eigenvalue weighted by atomic mass is 10.1. The number of hydrogen-bond donors (Lipinski definition) is 1. The summed E-state index contributed by atoms with van der Waals surface area (Å²) in [6.45, 7) is 0.108. The van der Waals surface area contributed by atoms with Crippen molar-refractivity contribution >= 4 is 26.8 Å². The molecule has 0 bridgehead atoms. The zero-order chi connectivity index (χ0) is 11.5. The normalized spacial score (nSPS) is 10.7. The Bertz CT molecular complexity index is 514. The Hall–Kier alpha value is -1.13. The molecule has 0 aliphatic heterocycles. The predicted molar refractivity (Wildman–Crippen MR) is 66.8 cm³/mol. The van der Waals surface area contributed by atoms with Gasteiger partial charge < -0.3 is 9.84 Å². The molecule has 0 aliphatic carbocycles. The summed E-state index contributed by atoms with van der Waals surface area (Å²) in [4.78, 5) is 4.41. The molecule has 0 saturated carbocycles. The molecule has 0 atom stereocenters. The van der Waals surface area contributed by atoms with Crippen LogP contribution in [-0.4, -0.2) is 23.8 Å². The average molecular weight is 282 g/mol. The smallest absolute Gasteiger partial charge is 0.213 e. The number of nitrogens with zero attached hydrogens (tertiary/aromatic N) is 1. The van der Waals surface area contributed by atoms with Crippen molar-refractivity contribution in [3.05, 3.63) is 34.3 Å². The molecule has 1 heterocycles. The lowest BCUT2D eigenvalue weighted by Gasteiger charge is -2.08. The number of ether oxygens (including phenoxy) is 1. The van der Waals surface area contributed by atoms with Gasteiger partial charge in [-0.25, -0.2) is 4.98 Å². The topological polar surface area (TPSA) is 42.4 Å². The van der Waals surface area contributed by atoms with E-state index in [2.05, 4.69) is 20.9 Å². The molecule has 0 spiro atoms. The van der Waals surface area contributed by atoms with Crippen LogP contribution in [-0.2, 0) is 6.42 Å². The SMILES string of the molecule is COc1ccc2ccc(Br)c(CCO)c2n1. The Morgan fingerprint density at radius 2 is 2.06 bits per heavy atom. The fourth-order valence-corrected chi connectivity index (χ4v) is 2.19. The van der Waals surface area contributed by atoms with Crippen LogP contribution < -0.4 is 4.74 Å². The summed E-state index contributed by atoms with van der Waals surface area (Å²) < 4.78 is 6.07. The van der Waals surface area contributed by atoms with Gasteiger partial charge in [0.2, 0.25) is 5.88 Å². The minimum Gasteiger partial charge on any atom is -0.481 e. The molecule has 0 amide bonds. The Balaban J connectivity index is 2.67. The van der Waals surface area contributed by atoms with Gasteiger partial charge in [-0.05, 0) is 24.1 Å². The number of aromatic nitrogens is 1. The predicted octanol–water partition coefficient (Wildman–Crippen LogP) is 2.54. The number of aliphatic hydroxyl groups is 1. The Labute approximate surface area is 102 Å². The van der Waals surface area contributed by atoms with Crippen molar-refractivity contribution in [2.24, 2.45) is 0 Å². The van der Waals surface area contributed by atoms with Gasteiger partial charge in [0, 0.05) is 22.5 Å². The molecule has 0 unspecified atom stereocenters. The molecule has 84 valence electrons. The molecule has 1 aromatic carbocycles. The number of hydrogen-bond acceptors (Lipinski definition) is 3. The van der Waals surface area contributed by atoms with E-state index < -0.39 is 0 Å². The van der Waals surface area contributed by atoms with Gasteiger partial charge in [-0.3, -0.25) is 0 Å². The van der Waals surface area contributed by atoms with Crippen LogP contribution in [0.5, 0.6) is 5.88 Å². The fourth-order valence-electron chi connectivity index (χ4n) is 1.67. The summed E-state index contributed by atoms with van der Waals surface area (Å²) in [6.07, 6.45) is 0.581. The maximum absolute atomic E-state index is 9.05. The number of rotatable bonds is 3. The molecule has 3 nitrogen and oxygen atoms in total. The van der Waals surface area contributed by atoms with E-state index in [1.165, 1.54) is 0 Å². The molecular formula is C12H12BrNO2. The number of aliphatic hydroxyl groups excluding tert-OH is 1. The van der Waals surface area contributed by atoms with Crippen molar-refractivity contribution in [1.29, 1.82) is 0 Å². The largest absolute Gasteiger partial charge is 0.481 e. The molecule has 1 aromatic heterocycles. The van der Waals surface area contributed by atoms with Crippen LogP contribution in [0.1, 0.15) is 5.56 Å². The Morgan fingerprint density at radius 1 is 1.31 bits per heavy atom. The van der Waals surface area contributed by atoms with Gasteiger partial charge in [0.1, 0.15) is 0 Å². The summed E-state index contributed by atoms with van der Waals surface area (Å²) in [5.74, 6) is 0.588. The Kier molecular flexibility index (Phi) is 3.41. The van der Waals surface area contributed by atoms with Gasteiger partial charge in [0.15, 0.2) is 0 Å². The zero-order valence-corrected chi connectivity index (χ0v) is 10.5. The highest BCUT2D eigenvalue weighted by molar-refractivity contribution is 9.10. The van der Waals surface area contributed by atoms with Gasteiger partial charge in [-0.1, -0.05) is 22.0 Å². The molecule has 0 saturated heterocycles. The van der Waals surface area contributed by atoms with E-state index >= 15 is 0 Å². The van der Waals surface area contributed by atoms with Crippen LogP contribution in [0.25, 0.3) is 10.9 Å². The lowest BCUT2D eigenvalue weighted by molar-refractivity contribution is 0.299. The highest BCUT2D eigenvalue weighted by Crippen LogP contribution is 2.27. The van der Waals surface area contributed by atoms with Gasteiger partial charge in [-0.15, -0.1) is 0 Å². The molecule has 0 radical (unpaired) electrons. The van der Waals surface area contributed by atoms with Crippen molar-refractivity contribution in [3.8, 4) is 5.88 Å². The van der Waals surface area contributed by atoms with E-state index in [-0.39, 0.29) is 6.61 Å². The van der Waals surface area contributed by atoms with E-state index in [0.717, 1.165) is 20.9 Å². The van der Waals surface area contributed by atoms with Gasteiger partial charge in [-0.2, -0.15) is 0 Å². The second-order valence-corrected chi connectivity index (χ2v) is 4.28. The molecule has 1 N–H and O–H groups in total. The van der Waals surface area contributed by atoms with Gasteiger partial charge in [0.25, 0.3) is 0 Å². The molecule has 4 heteroatoms. The maximum Gasteiger partial charge on any atom is 0.213 e. The number of benzene rings is 1. The highest BCUT2D eigenvalue weighted by atomic mass is 79.9. The average Bonchev–Trinajstić information content (AvgIpc) is 2.32. The molecule has 2 rings (SSSR count). The van der Waals surface area contributed by atoms with E-state index in [0.29, 0.717) is 12.3 Å². The third-order valence-electron chi connectivity index (χ3n) is 2.46. The van der Waals surface area contributed by atoms with Crippen molar-refractivity contribution in [2.45, 2.75) is 6.42 Å². The van der Waals surface area contributed by atoms with Crippen molar-refractivity contribution in [1.82, 2.24) is 4.98 Å². The second kappa shape index (κ2) is 4.80. The van der Waals surface area contributed by atoms with Crippen LogP contribution in [0.2, 0.25) is 0 Å². The van der Waals surface area contributed by atoms with E-state index in [1.807, 2.05) is 24.3 Å². The first kappa shape index (κ1) is 11.4. The zero-order valence-electron chi connectivity index (χ0n) is 8.90. The minimum atomic E-state index is 0.108. The summed E-state index contributed by atoms with van der Waals surface area (Å²) in [6, 6.07) is 7.77. The second-order valence-electron chi connectivity index (χ2n) is 3.42. The summed E-state index contributed by atoms with van der Waals surface area (Å²) in [5, 5.41) is 10.1. The number of methoxy groups -OCH3 is 1. The third kappa shape index (κ3) is 2.03. The summed E-state index contributed by atoms with van der Waals surface area (Å²) in [7, 11) is 1.60. The lowest BCUT2D eigenvalue weighted by Crippen LogP contribution is -1.97. The standard InChI is InChI=1S/C12H12BrNO2/c1-16-11-5-3-8-2-4-10(13)9(6-7-15)12(8)14-11/h2-5,15H,6-7H2,1H3. The monoisotopic (exact) mass is 281 g/mol. The summed E-state index contributed by atoms with van der Waals surface area (Å²) in [5.41, 5.74) is 1.89. The van der Waals surface area contributed by atoms with E-state index in [4.69, 9.17) is 9.84 Å². The maximum atomic E-state index is 9.05. The minimum absolute atomic E-state index is 0.108. The summed E-state index contributed by atoms with van der Waals surface area (Å²) >= 11 is 3.47. The Morgan fingerprint density at radius 3 is 2.75 bits per heavy atom. The van der Waals surface area contributed by atoms with Crippen LogP contribution in [0.15, 0.2) is 28.7 Å². The van der Waals surface area contributed by atoms with Crippen LogP contribution in [0.3, 0.4) is 0 Å². The quantitative estimate of drug-likeness (QED) is 0.940. The third-order valence-corrected chi connectivity index (χ3v) is 3.20. The first-order chi connectivity index (χ1) is 7.76. The number of halogens is 1. The molecule has 0 fully saturated rings. The van der Waals surface area contributed by atoms with Gasteiger partial charge in [0.05, 0.1) is 12.6 Å². The van der Waals surface area contributed by atoms with Crippen LogP contribution in [0, 0.1) is 0 Å². The molecular weight excluding hydrogens is 270 g/mol. The van der Waals surface area contributed by atoms with E-state index in [9.17, 15) is 0 Å². The molecule has 16 heavy (non-hydrogen) atoms. The number of fused-ring (bicyclic) bond motifs is 1. The molecule has 0 aliphatic rings. The van der Waals surface area contributed by atoms with E-state index in [1.54, 1.807) is 7.11 Å².